The number of carboxylic acid groups (broad SMARTS) is 1. The van der Waals surface area contributed by atoms with Crippen molar-refractivity contribution in [2.45, 2.75) is 70.8 Å². The Hall–Kier alpha value is -1.61. The Bertz CT molecular complexity index is 392. The first-order valence-corrected chi connectivity index (χ1v) is 8.74. The quantitative estimate of drug-likeness (QED) is 0.263. The van der Waals surface area contributed by atoms with Gasteiger partial charge in [-0.05, 0) is 25.7 Å². The zero-order chi connectivity index (χ0) is 17.2. The average Bonchev–Trinajstić information content (AvgIpc) is 2.51. The lowest BCUT2D eigenvalue weighted by atomic mass is 10.0. The van der Waals surface area contributed by atoms with Gasteiger partial charge in [-0.25, -0.2) is 4.79 Å². The lowest BCUT2D eigenvalue weighted by Crippen LogP contribution is -2.05. The molecule has 0 aliphatic rings. The molecule has 0 saturated heterocycles. The van der Waals surface area contributed by atoms with E-state index in [0.717, 1.165) is 44.6 Å². The van der Waals surface area contributed by atoms with Crippen molar-refractivity contribution >= 4 is 5.97 Å². The molecule has 1 atom stereocenters. The minimum Gasteiger partial charge on any atom is -0.478 e. The molecule has 0 spiro atoms. The molecule has 23 heavy (non-hydrogen) atoms. The summed E-state index contributed by atoms with van der Waals surface area (Å²) in [6, 6.07) is 0. The molecule has 130 valence electrons. The van der Waals surface area contributed by atoms with Crippen LogP contribution in [0, 0.1) is 0 Å². The number of unbranched alkanes of at least 4 members (excludes halogenated alkanes) is 5. The summed E-state index contributed by atoms with van der Waals surface area (Å²) >= 11 is 0. The van der Waals surface area contributed by atoms with Crippen molar-refractivity contribution in [2.24, 2.45) is 0 Å². The number of aliphatic carboxylic acids is 1. The first-order valence-electron chi connectivity index (χ1n) is 8.74. The summed E-state index contributed by atoms with van der Waals surface area (Å²) in [7, 11) is 0. The predicted octanol–water partition coefficient (Wildman–Crippen LogP) is 5.19. The van der Waals surface area contributed by atoms with Crippen molar-refractivity contribution in [2.75, 3.05) is 0 Å². The Morgan fingerprint density at radius 3 is 2.13 bits per heavy atom. The van der Waals surface area contributed by atoms with E-state index in [4.69, 9.17) is 5.11 Å². The van der Waals surface area contributed by atoms with E-state index >= 15 is 0 Å². The molecule has 2 N–H and O–H groups in total. The number of carboxylic acids is 1. The SMILES string of the molecule is CCCCC[C@H](O)CCCCC/C=C/C=C/C=C/C=C/C(=O)O. The summed E-state index contributed by atoms with van der Waals surface area (Å²) < 4.78 is 0. The summed E-state index contributed by atoms with van der Waals surface area (Å²) in [4.78, 5) is 10.2. The number of hydrogen-bond donors (Lipinski definition) is 2. The van der Waals surface area contributed by atoms with Gasteiger partial charge in [0.25, 0.3) is 0 Å². The number of hydrogen-bond acceptors (Lipinski definition) is 2. The highest BCUT2D eigenvalue weighted by atomic mass is 16.4. The van der Waals surface area contributed by atoms with Crippen LogP contribution in [0.4, 0.5) is 0 Å². The predicted molar refractivity (Wildman–Crippen MR) is 97.4 cm³/mol. The fourth-order valence-corrected chi connectivity index (χ4v) is 2.16. The van der Waals surface area contributed by atoms with E-state index in [1.165, 1.54) is 25.3 Å². The van der Waals surface area contributed by atoms with Crippen LogP contribution in [0.1, 0.15) is 64.7 Å². The molecule has 0 unspecified atom stereocenters. The highest BCUT2D eigenvalue weighted by Crippen LogP contribution is 2.11. The van der Waals surface area contributed by atoms with E-state index in [1.807, 2.05) is 18.2 Å². The van der Waals surface area contributed by atoms with Gasteiger partial charge in [-0.1, -0.05) is 81.6 Å². The highest BCUT2D eigenvalue weighted by Gasteiger charge is 2.02. The van der Waals surface area contributed by atoms with Crippen LogP contribution in [0.25, 0.3) is 0 Å². The van der Waals surface area contributed by atoms with E-state index in [0.29, 0.717) is 0 Å². The second-order valence-electron chi connectivity index (χ2n) is 5.68. The van der Waals surface area contributed by atoms with Crippen molar-refractivity contribution in [3.05, 3.63) is 48.6 Å². The summed E-state index contributed by atoms with van der Waals surface area (Å²) in [5, 5.41) is 18.2. The Morgan fingerprint density at radius 1 is 0.870 bits per heavy atom. The molecule has 0 saturated carbocycles. The van der Waals surface area contributed by atoms with E-state index in [9.17, 15) is 9.90 Å². The van der Waals surface area contributed by atoms with Crippen LogP contribution in [0.15, 0.2) is 48.6 Å². The molecule has 0 aromatic carbocycles. The van der Waals surface area contributed by atoms with Gasteiger partial charge in [0.15, 0.2) is 0 Å². The van der Waals surface area contributed by atoms with Crippen LogP contribution < -0.4 is 0 Å². The van der Waals surface area contributed by atoms with Crippen molar-refractivity contribution in [1.82, 2.24) is 0 Å². The summed E-state index contributed by atoms with van der Waals surface area (Å²) in [6.45, 7) is 2.18. The molecule has 0 bridgehead atoms. The Balaban J connectivity index is 3.48. The van der Waals surface area contributed by atoms with Crippen LogP contribution in [-0.4, -0.2) is 22.3 Å². The fourth-order valence-electron chi connectivity index (χ4n) is 2.16. The van der Waals surface area contributed by atoms with E-state index in [-0.39, 0.29) is 6.10 Å². The summed E-state index contributed by atoms with van der Waals surface area (Å²) in [6.07, 6.45) is 23.9. The second kappa shape index (κ2) is 16.8. The standard InChI is InChI=1S/C20H32O3/c1-2-3-13-16-19(21)17-14-11-9-7-5-4-6-8-10-12-15-18-20(22)23/h4-6,8,10,12,15,18-19,21H,2-3,7,9,11,13-14,16-17H2,1H3,(H,22,23)/b5-4+,8-6+,12-10+,18-15+/t19-/m0/s1. The van der Waals surface area contributed by atoms with Gasteiger partial charge in [-0.2, -0.15) is 0 Å². The molecule has 0 amide bonds. The maximum absolute atomic E-state index is 10.2. The van der Waals surface area contributed by atoms with Gasteiger partial charge in [0, 0.05) is 6.08 Å². The van der Waals surface area contributed by atoms with E-state index in [2.05, 4.69) is 13.0 Å². The molecule has 0 heterocycles. The smallest absolute Gasteiger partial charge is 0.328 e. The van der Waals surface area contributed by atoms with Crippen LogP contribution in [0.2, 0.25) is 0 Å². The average molecular weight is 320 g/mol. The lowest BCUT2D eigenvalue weighted by Gasteiger charge is -2.09. The molecule has 0 fully saturated rings. The summed E-state index contributed by atoms with van der Waals surface area (Å²) in [5.41, 5.74) is 0. The summed E-state index contributed by atoms with van der Waals surface area (Å²) in [5.74, 6) is -0.938. The van der Waals surface area contributed by atoms with Gasteiger partial charge in [0.1, 0.15) is 0 Å². The first kappa shape index (κ1) is 21.4. The molecule has 0 rings (SSSR count). The van der Waals surface area contributed by atoms with Crippen molar-refractivity contribution < 1.29 is 15.0 Å². The third kappa shape index (κ3) is 18.3. The minimum atomic E-state index is -0.938. The van der Waals surface area contributed by atoms with Gasteiger partial charge in [0.05, 0.1) is 6.10 Å². The molecular formula is C20H32O3. The molecule has 0 aromatic heterocycles. The van der Waals surface area contributed by atoms with Crippen LogP contribution in [0.3, 0.4) is 0 Å². The number of aliphatic hydroxyl groups excluding tert-OH is 1. The normalized spacial score (nSPS) is 13.8. The monoisotopic (exact) mass is 320 g/mol. The topological polar surface area (TPSA) is 57.5 Å². The first-order chi connectivity index (χ1) is 11.2. The van der Waals surface area contributed by atoms with Gasteiger partial charge < -0.3 is 10.2 Å². The largest absolute Gasteiger partial charge is 0.478 e. The maximum atomic E-state index is 10.2. The number of allylic oxidation sites excluding steroid dienone is 7. The molecule has 0 radical (unpaired) electrons. The van der Waals surface area contributed by atoms with Gasteiger partial charge in [-0.3, -0.25) is 0 Å². The van der Waals surface area contributed by atoms with Gasteiger partial charge >= 0.3 is 5.97 Å². The van der Waals surface area contributed by atoms with Crippen LogP contribution in [0.5, 0.6) is 0 Å². The van der Waals surface area contributed by atoms with Crippen molar-refractivity contribution in [3.8, 4) is 0 Å². The number of carbonyl (C=O) groups is 1. The molecular weight excluding hydrogens is 288 g/mol. The van der Waals surface area contributed by atoms with E-state index in [1.54, 1.807) is 12.2 Å². The van der Waals surface area contributed by atoms with Crippen LogP contribution in [-0.2, 0) is 4.79 Å². The highest BCUT2D eigenvalue weighted by molar-refractivity contribution is 5.80. The maximum Gasteiger partial charge on any atom is 0.328 e. The van der Waals surface area contributed by atoms with Crippen molar-refractivity contribution in [1.29, 1.82) is 0 Å². The number of aliphatic hydroxyl groups is 1. The molecule has 0 aliphatic heterocycles. The third-order valence-electron chi connectivity index (χ3n) is 3.48. The molecule has 3 nitrogen and oxygen atoms in total. The molecule has 0 aliphatic carbocycles. The zero-order valence-electron chi connectivity index (χ0n) is 14.4. The minimum absolute atomic E-state index is 0.109. The van der Waals surface area contributed by atoms with Crippen LogP contribution >= 0.6 is 0 Å². The van der Waals surface area contributed by atoms with Crippen molar-refractivity contribution in [3.63, 3.8) is 0 Å². The number of rotatable bonds is 14. The van der Waals surface area contributed by atoms with E-state index < -0.39 is 5.97 Å². The lowest BCUT2D eigenvalue weighted by molar-refractivity contribution is -0.131. The van der Waals surface area contributed by atoms with Gasteiger partial charge in [0.2, 0.25) is 0 Å². The van der Waals surface area contributed by atoms with Gasteiger partial charge in [-0.15, -0.1) is 0 Å². The Labute approximate surface area is 141 Å². The zero-order valence-corrected chi connectivity index (χ0v) is 14.4. The second-order valence-corrected chi connectivity index (χ2v) is 5.68. The Morgan fingerprint density at radius 2 is 1.48 bits per heavy atom. The Kier molecular flexibility index (Phi) is 15.6. The fraction of sp³-hybridized carbons (Fsp3) is 0.550. The third-order valence-corrected chi connectivity index (χ3v) is 3.48. The molecule has 3 heteroatoms. The molecule has 0 aromatic rings.